The first-order valence-electron chi connectivity index (χ1n) is 5.95. The molecule has 0 heterocycles. The minimum atomic E-state index is -0.748. The predicted octanol–water partition coefficient (Wildman–Crippen LogP) is 2.53. The molecule has 7 nitrogen and oxygen atoms in total. The van der Waals surface area contributed by atoms with Gasteiger partial charge < -0.3 is 15.7 Å². The maximum Gasteiger partial charge on any atom is 0.319 e. The molecule has 0 fully saturated rings. The number of halogens is 1. The maximum absolute atomic E-state index is 11.8. The van der Waals surface area contributed by atoms with Gasteiger partial charge in [0, 0.05) is 11.8 Å². The molecule has 0 spiro atoms. The molecule has 1 atom stereocenters. The number of hydrogen-bond donors (Lipinski definition) is 3. The van der Waals surface area contributed by atoms with Gasteiger partial charge in [0.1, 0.15) is 5.02 Å². The quantitative estimate of drug-likeness (QED) is 0.574. The van der Waals surface area contributed by atoms with Crippen molar-refractivity contribution in [3.63, 3.8) is 0 Å². The smallest absolute Gasteiger partial charge is 0.319 e. The molecule has 1 aromatic carbocycles. The van der Waals surface area contributed by atoms with E-state index >= 15 is 0 Å². The van der Waals surface area contributed by atoms with E-state index in [4.69, 9.17) is 11.6 Å². The zero-order chi connectivity index (χ0) is 15.3. The fraction of sp³-hybridized carbons (Fsp3) is 0.417. The van der Waals surface area contributed by atoms with Crippen molar-refractivity contribution in [1.29, 1.82) is 0 Å². The lowest BCUT2D eigenvalue weighted by Gasteiger charge is -2.27. The summed E-state index contributed by atoms with van der Waals surface area (Å²) in [5.74, 6) is 0. The molecule has 1 rings (SSSR count). The zero-order valence-electron chi connectivity index (χ0n) is 11.1. The van der Waals surface area contributed by atoms with Crippen LogP contribution in [0, 0.1) is 10.1 Å². The molecule has 20 heavy (non-hydrogen) atoms. The average molecular weight is 302 g/mol. The number of nitrogens with zero attached hydrogens (tertiary/aromatic N) is 1. The van der Waals surface area contributed by atoms with Gasteiger partial charge in [-0.2, -0.15) is 0 Å². The number of carbonyl (C=O) groups is 1. The Morgan fingerprint density at radius 3 is 2.70 bits per heavy atom. The highest BCUT2D eigenvalue weighted by molar-refractivity contribution is 6.32. The largest absolute Gasteiger partial charge is 0.394 e. The summed E-state index contributed by atoms with van der Waals surface area (Å²) in [7, 11) is 0. The van der Waals surface area contributed by atoms with Crippen molar-refractivity contribution in [2.45, 2.75) is 25.8 Å². The van der Waals surface area contributed by atoms with Gasteiger partial charge in [0.15, 0.2) is 0 Å². The van der Waals surface area contributed by atoms with Gasteiger partial charge >= 0.3 is 6.03 Å². The number of nitro groups is 1. The Hall–Kier alpha value is -1.86. The van der Waals surface area contributed by atoms with Gasteiger partial charge in [0.25, 0.3) is 5.69 Å². The summed E-state index contributed by atoms with van der Waals surface area (Å²) in [6.45, 7) is 3.30. The second-order valence-corrected chi connectivity index (χ2v) is 4.98. The summed E-state index contributed by atoms with van der Waals surface area (Å²) < 4.78 is 0. The number of nitrogens with one attached hydrogen (secondary N) is 2. The minimum absolute atomic E-state index is 0.00490. The summed E-state index contributed by atoms with van der Waals surface area (Å²) in [6.07, 6.45) is 0.539. The van der Waals surface area contributed by atoms with Gasteiger partial charge in [-0.1, -0.05) is 18.5 Å². The minimum Gasteiger partial charge on any atom is -0.394 e. The van der Waals surface area contributed by atoms with Crippen LogP contribution in [0.25, 0.3) is 0 Å². The highest BCUT2D eigenvalue weighted by Gasteiger charge is 2.23. The number of rotatable bonds is 5. The molecule has 1 unspecified atom stereocenters. The Morgan fingerprint density at radius 1 is 1.55 bits per heavy atom. The van der Waals surface area contributed by atoms with E-state index in [2.05, 4.69) is 10.6 Å². The number of hydrogen-bond acceptors (Lipinski definition) is 4. The number of anilines is 1. The van der Waals surface area contributed by atoms with Gasteiger partial charge in [-0.25, -0.2) is 4.79 Å². The number of nitro benzene ring substituents is 1. The van der Waals surface area contributed by atoms with E-state index in [0.717, 1.165) is 0 Å². The molecule has 0 saturated carbocycles. The van der Waals surface area contributed by atoms with E-state index in [9.17, 15) is 20.0 Å². The molecule has 8 heteroatoms. The van der Waals surface area contributed by atoms with Gasteiger partial charge in [-0.15, -0.1) is 0 Å². The second-order valence-electron chi connectivity index (χ2n) is 4.57. The van der Waals surface area contributed by atoms with E-state index in [1.54, 1.807) is 6.92 Å². The Kier molecular flexibility index (Phi) is 5.29. The van der Waals surface area contributed by atoms with Gasteiger partial charge in [0.2, 0.25) is 0 Å². The average Bonchev–Trinajstić information content (AvgIpc) is 2.40. The summed E-state index contributed by atoms with van der Waals surface area (Å²) in [6, 6.07) is 3.40. The van der Waals surface area contributed by atoms with Crippen LogP contribution in [0.2, 0.25) is 5.02 Å². The molecule has 0 saturated heterocycles. The number of aliphatic hydroxyl groups is 1. The van der Waals surface area contributed by atoms with Crippen LogP contribution in [0.15, 0.2) is 18.2 Å². The van der Waals surface area contributed by atoms with Gasteiger partial charge in [-0.3, -0.25) is 10.1 Å². The van der Waals surface area contributed by atoms with Crippen LogP contribution < -0.4 is 10.6 Å². The van der Waals surface area contributed by atoms with Crippen molar-refractivity contribution in [2.75, 3.05) is 11.9 Å². The molecule has 0 aliphatic rings. The van der Waals surface area contributed by atoms with Crippen molar-refractivity contribution >= 4 is 29.0 Å². The molecule has 110 valence electrons. The molecule has 0 aliphatic heterocycles. The van der Waals surface area contributed by atoms with Crippen molar-refractivity contribution in [3.8, 4) is 0 Å². The maximum atomic E-state index is 11.8. The van der Waals surface area contributed by atoms with E-state index in [1.165, 1.54) is 18.2 Å². The third-order valence-electron chi connectivity index (χ3n) is 2.95. The molecular weight excluding hydrogens is 286 g/mol. The molecule has 0 radical (unpaired) electrons. The van der Waals surface area contributed by atoms with E-state index in [0.29, 0.717) is 6.42 Å². The molecule has 0 bridgehead atoms. The summed E-state index contributed by atoms with van der Waals surface area (Å²) in [4.78, 5) is 21.9. The molecule has 3 N–H and O–H groups in total. The van der Waals surface area contributed by atoms with Crippen LogP contribution in [0.3, 0.4) is 0 Å². The summed E-state index contributed by atoms with van der Waals surface area (Å²) in [5, 5.41) is 25.0. The monoisotopic (exact) mass is 301 g/mol. The summed E-state index contributed by atoms with van der Waals surface area (Å²) in [5.41, 5.74) is -0.789. The highest BCUT2D eigenvalue weighted by atomic mass is 35.5. The first kappa shape index (κ1) is 16.2. The third-order valence-corrected chi connectivity index (χ3v) is 3.26. The van der Waals surface area contributed by atoms with Crippen LogP contribution in [-0.4, -0.2) is 28.2 Å². The van der Waals surface area contributed by atoms with E-state index in [1.807, 2.05) is 6.92 Å². The number of urea groups is 1. The first-order chi connectivity index (χ1) is 9.31. The lowest BCUT2D eigenvalue weighted by atomic mass is 10.0. The van der Waals surface area contributed by atoms with Crippen LogP contribution in [-0.2, 0) is 0 Å². The van der Waals surface area contributed by atoms with E-state index in [-0.39, 0.29) is 23.0 Å². The molecule has 1 aromatic rings. The molecule has 0 aromatic heterocycles. The normalized spacial score (nSPS) is 13.4. The van der Waals surface area contributed by atoms with Gasteiger partial charge in [0.05, 0.1) is 17.1 Å². The highest BCUT2D eigenvalue weighted by Crippen LogP contribution is 2.27. The van der Waals surface area contributed by atoms with Crippen LogP contribution in [0.1, 0.15) is 20.3 Å². The SMILES string of the molecule is CCC(C)(CO)NC(=O)Nc1ccc(Cl)c([N+](=O)[O-])c1. The van der Waals surface area contributed by atoms with Crippen molar-refractivity contribution < 1.29 is 14.8 Å². The topological polar surface area (TPSA) is 104 Å². The van der Waals surface area contributed by atoms with E-state index < -0.39 is 16.5 Å². The predicted molar refractivity (Wildman–Crippen MR) is 76.0 cm³/mol. The second kappa shape index (κ2) is 6.53. The Balaban J connectivity index is 2.81. The standard InChI is InChI=1S/C12H16ClN3O4/c1-3-12(2,7-17)15-11(18)14-8-4-5-9(13)10(6-8)16(19)20/h4-6,17H,3,7H2,1-2H3,(H2,14,15,18). The Morgan fingerprint density at radius 2 is 2.20 bits per heavy atom. The zero-order valence-corrected chi connectivity index (χ0v) is 11.9. The van der Waals surface area contributed by atoms with Crippen molar-refractivity contribution in [2.24, 2.45) is 0 Å². The van der Waals surface area contributed by atoms with Crippen molar-refractivity contribution in [3.05, 3.63) is 33.3 Å². The number of carbonyl (C=O) groups excluding carboxylic acids is 1. The Bertz CT molecular complexity index is 517. The van der Waals surface area contributed by atoms with Crippen molar-refractivity contribution in [1.82, 2.24) is 5.32 Å². The number of amides is 2. The number of benzene rings is 1. The lowest BCUT2D eigenvalue weighted by molar-refractivity contribution is -0.384. The third kappa shape index (κ3) is 4.07. The fourth-order valence-electron chi connectivity index (χ4n) is 1.41. The fourth-order valence-corrected chi connectivity index (χ4v) is 1.59. The lowest BCUT2D eigenvalue weighted by Crippen LogP contribution is -2.50. The summed E-state index contributed by atoms with van der Waals surface area (Å²) >= 11 is 5.68. The first-order valence-corrected chi connectivity index (χ1v) is 6.33. The Labute approximate surface area is 121 Å². The molecular formula is C12H16ClN3O4. The van der Waals surface area contributed by atoms with Crippen LogP contribution in [0.4, 0.5) is 16.2 Å². The van der Waals surface area contributed by atoms with Crippen LogP contribution in [0.5, 0.6) is 0 Å². The molecule has 2 amide bonds. The van der Waals surface area contributed by atoms with Crippen LogP contribution >= 0.6 is 11.6 Å². The number of aliphatic hydroxyl groups excluding tert-OH is 1. The van der Waals surface area contributed by atoms with Gasteiger partial charge in [-0.05, 0) is 25.5 Å². The molecule has 0 aliphatic carbocycles.